The fourth-order valence-electron chi connectivity index (χ4n) is 2.85. The molecule has 0 unspecified atom stereocenters. The summed E-state index contributed by atoms with van der Waals surface area (Å²) in [6.45, 7) is 0. The monoisotopic (exact) mass is 258 g/mol. The van der Waals surface area contributed by atoms with Crippen molar-refractivity contribution in [3.63, 3.8) is 0 Å². The predicted molar refractivity (Wildman–Crippen MR) is 71.8 cm³/mol. The van der Waals surface area contributed by atoms with E-state index in [0.29, 0.717) is 5.56 Å². The van der Waals surface area contributed by atoms with Gasteiger partial charge >= 0.3 is 0 Å². The van der Waals surface area contributed by atoms with E-state index in [-0.39, 0.29) is 17.1 Å². The molecule has 0 spiro atoms. The lowest BCUT2D eigenvalue weighted by Crippen LogP contribution is -2.05. The molecule has 0 aromatic heterocycles. The number of aryl methyl sites for hydroxylation is 1. The Balaban J connectivity index is 2.30. The van der Waals surface area contributed by atoms with Gasteiger partial charge in [0.2, 0.25) is 0 Å². The molecule has 3 rings (SSSR count). The number of aromatic hydroxyl groups is 2. The van der Waals surface area contributed by atoms with E-state index < -0.39 is 5.82 Å². The Kier molecular flexibility index (Phi) is 2.90. The highest BCUT2D eigenvalue weighted by Gasteiger charge is 2.22. The van der Waals surface area contributed by atoms with E-state index in [4.69, 9.17) is 0 Å². The molecule has 0 fully saturated rings. The third-order valence-electron chi connectivity index (χ3n) is 3.75. The first-order valence-corrected chi connectivity index (χ1v) is 6.50. The molecule has 0 atom stereocenters. The third kappa shape index (κ3) is 1.95. The first-order chi connectivity index (χ1) is 9.18. The number of fused-ring (bicyclic) bond motifs is 1. The maximum atomic E-state index is 14.0. The summed E-state index contributed by atoms with van der Waals surface area (Å²) < 4.78 is 14.0. The third-order valence-corrected chi connectivity index (χ3v) is 3.75. The molecule has 3 heteroatoms. The average molecular weight is 258 g/mol. The van der Waals surface area contributed by atoms with Crippen LogP contribution >= 0.6 is 0 Å². The minimum atomic E-state index is -0.505. The van der Waals surface area contributed by atoms with Crippen LogP contribution in [0, 0.1) is 5.82 Å². The molecule has 1 aliphatic rings. The Hall–Kier alpha value is -2.03. The van der Waals surface area contributed by atoms with Gasteiger partial charge < -0.3 is 10.2 Å². The second-order valence-corrected chi connectivity index (χ2v) is 4.94. The van der Waals surface area contributed by atoms with Crippen molar-refractivity contribution in [3.05, 3.63) is 47.3 Å². The lowest BCUT2D eigenvalue weighted by atomic mass is 9.85. The maximum Gasteiger partial charge on any atom is 0.134 e. The van der Waals surface area contributed by atoms with Crippen molar-refractivity contribution in [3.8, 4) is 22.6 Å². The van der Waals surface area contributed by atoms with Gasteiger partial charge in [0.05, 0.1) is 5.56 Å². The normalized spacial score (nSPS) is 14.2. The van der Waals surface area contributed by atoms with Gasteiger partial charge in [-0.05, 0) is 55.0 Å². The van der Waals surface area contributed by atoms with Gasteiger partial charge in [-0.2, -0.15) is 0 Å². The van der Waals surface area contributed by atoms with E-state index in [1.165, 1.54) is 18.2 Å². The number of benzene rings is 2. The molecule has 0 saturated carbocycles. The van der Waals surface area contributed by atoms with Crippen molar-refractivity contribution in [2.24, 2.45) is 0 Å². The number of hydrogen-bond donors (Lipinski definition) is 2. The highest BCUT2D eigenvalue weighted by molar-refractivity contribution is 5.80. The molecule has 0 heterocycles. The van der Waals surface area contributed by atoms with Gasteiger partial charge in [0.1, 0.15) is 17.3 Å². The molecule has 19 heavy (non-hydrogen) atoms. The van der Waals surface area contributed by atoms with Crippen LogP contribution in [0.5, 0.6) is 11.5 Å². The fourth-order valence-corrected chi connectivity index (χ4v) is 2.85. The highest BCUT2D eigenvalue weighted by atomic mass is 19.1. The zero-order chi connectivity index (χ0) is 13.4. The van der Waals surface area contributed by atoms with Gasteiger partial charge in [0.15, 0.2) is 0 Å². The maximum absolute atomic E-state index is 14.0. The van der Waals surface area contributed by atoms with E-state index in [2.05, 4.69) is 0 Å². The van der Waals surface area contributed by atoms with Crippen molar-refractivity contribution >= 4 is 0 Å². The molecule has 0 radical (unpaired) electrons. The summed E-state index contributed by atoms with van der Waals surface area (Å²) in [5, 5.41) is 20.0. The molecule has 98 valence electrons. The number of hydrogen-bond acceptors (Lipinski definition) is 2. The van der Waals surface area contributed by atoms with Gasteiger partial charge in [0, 0.05) is 5.56 Å². The smallest absolute Gasteiger partial charge is 0.134 e. The Labute approximate surface area is 111 Å². The van der Waals surface area contributed by atoms with Crippen LogP contribution in [0.1, 0.15) is 24.0 Å². The van der Waals surface area contributed by atoms with Gasteiger partial charge in [-0.1, -0.05) is 12.1 Å². The van der Waals surface area contributed by atoms with Crippen LogP contribution in [0.4, 0.5) is 4.39 Å². The van der Waals surface area contributed by atoms with E-state index in [1.54, 1.807) is 6.07 Å². The molecule has 0 bridgehead atoms. The zero-order valence-corrected chi connectivity index (χ0v) is 10.5. The molecule has 0 saturated heterocycles. The molecule has 1 aliphatic carbocycles. The number of halogens is 1. The van der Waals surface area contributed by atoms with Crippen LogP contribution in [-0.4, -0.2) is 10.2 Å². The molecular formula is C16H15FO2. The van der Waals surface area contributed by atoms with Crippen molar-refractivity contribution in [2.45, 2.75) is 25.7 Å². The van der Waals surface area contributed by atoms with Crippen LogP contribution in [0.2, 0.25) is 0 Å². The van der Waals surface area contributed by atoms with Crippen LogP contribution in [0.25, 0.3) is 11.1 Å². The summed E-state index contributed by atoms with van der Waals surface area (Å²) in [6, 6.07) is 7.69. The second-order valence-electron chi connectivity index (χ2n) is 4.94. The molecular weight excluding hydrogens is 243 g/mol. The SMILES string of the molecule is Oc1cccc(F)c1-c1c(O)ccc2c1CCCC2. The Morgan fingerprint density at radius 3 is 2.37 bits per heavy atom. The van der Waals surface area contributed by atoms with Crippen molar-refractivity contribution in [1.82, 2.24) is 0 Å². The molecule has 2 aromatic rings. The van der Waals surface area contributed by atoms with Gasteiger partial charge in [-0.15, -0.1) is 0 Å². The highest BCUT2D eigenvalue weighted by Crippen LogP contribution is 2.42. The molecule has 2 N–H and O–H groups in total. The number of rotatable bonds is 1. The largest absolute Gasteiger partial charge is 0.507 e. The molecule has 2 aromatic carbocycles. The zero-order valence-electron chi connectivity index (χ0n) is 10.5. The Bertz CT molecular complexity index is 615. The predicted octanol–water partition coefficient (Wildman–Crippen LogP) is 3.78. The van der Waals surface area contributed by atoms with E-state index in [0.717, 1.165) is 36.8 Å². The van der Waals surface area contributed by atoms with Crippen molar-refractivity contribution < 1.29 is 14.6 Å². The minimum Gasteiger partial charge on any atom is -0.507 e. The summed E-state index contributed by atoms with van der Waals surface area (Å²) in [5.41, 5.74) is 2.67. The van der Waals surface area contributed by atoms with Crippen molar-refractivity contribution in [2.75, 3.05) is 0 Å². The van der Waals surface area contributed by atoms with E-state index >= 15 is 0 Å². The Morgan fingerprint density at radius 1 is 0.842 bits per heavy atom. The van der Waals surface area contributed by atoms with Gasteiger partial charge in [-0.3, -0.25) is 0 Å². The van der Waals surface area contributed by atoms with Crippen LogP contribution in [-0.2, 0) is 12.8 Å². The summed E-state index contributed by atoms with van der Waals surface area (Å²) in [6.07, 6.45) is 3.89. The fraction of sp³-hybridized carbons (Fsp3) is 0.250. The van der Waals surface area contributed by atoms with E-state index in [9.17, 15) is 14.6 Å². The van der Waals surface area contributed by atoms with Gasteiger partial charge in [-0.25, -0.2) is 4.39 Å². The summed E-state index contributed by atoms with van der Waals surface area (Å²) in [5.74, 6) is -0.607. The molecule has 0 aliphatic heterocycles. The van der Waals surface area contributed by atoms with Crippen LogP contribution in [0.15, 0.2) is 30.3 Å². The van der Waals surface area contributed by atoms with Crippen LogP contribution < -0.4 is 0 Å². The lowest BCUT2D eigenvalue weighted by Gasteiger charge is -2.21. The average Bonchev–Trinajstić information content (AvgIpc) is 2.41. The second kappa shape index (κ2) is 4.57. The standard InChI is InChI=1S/C16H15FO2/c17-12-6-3-7-13(18)16(12)15-11-5-2-1-4-10(11)8-9-14(15)19/h3,6-9,18-19H,1-2,4-5H2. The molecule has 2 nitrogen and oxygen atoms in total. The Morgan fingerprint density at radius 2 is 1.58 bits per heavy atom. The minimum absolute atomic E-state index is 0.0288. The first kappa shape index (κ1) is 12.0. The summed E-state index contributed by atoms with van der Waals surface area (Å²) in [7, 11) is 0. The summed E-state index contributed by atoms with van der Waals surface area (Å²) >= 11 is 0. The lowest BCUT2D eigenvalue weighted by molar-refractivity contribution is 0.463. The number of phenolic OH excluding ortho intramolecular Hbond substituents is 2. The van der Waals surface area contributed by atoms with Crippen molar-refractivity contribution in [1.29, 1.82) is 0 Å². The quantitative estimate of drug-likeness (QED) is 0.817. The summed E-state index contributed by atoms with van der Waals surface area (Å²) in [4.78, 5) is 0. The first-order valence-electron chi connectivity index (χ1n) is 6.50. The molecule has 0 amide bonds. The van der Waals surface area contributed by atoms with Crippen LogP contribution in [0.3, 0.4) is 0 Å². The topological polar surface area (TPSA) is 40.5 Å². The van der Waals surface area contributed by atoms with Gasteiger partial charge in [0.25, 0.3) is 0 Å². The van der Waals surface area contributed by atoms with E-state index in [1.807, 2.05) is 6.07 Å². The number of phenols is 2.